The minimum atomic E-state index is -0.136. The fraction of sp³-hybridized carbons (Fsp3) is 0.467. The number of amides is 1. The molecule has 0 unspecified atom stereocenters. The number of pyridine rings is 1. The molecule has 1 aliphatic carbocycles. The molecule has 0 spiro atoms. The molecule has 18 heavy (non-hydrogen) atoms. The number of rotatable bonds is 3. The van der Waals surface area contributed by atoms with Crippen molar-refractivity contribution in [3.05, 3.63) is 35.7 Å². The third kappa shape index (κ3) is 3.42. The molecule has 0 aliphatic heterocycles. The predicted octanol–water partition coefficient (Wildman–Crippen LogP) is 3.03. The topological polar surface area (TPSA) is 42.0 Å². The molecule has 1 aliphatic rings. The van der Waals surface area contributed by atoms with Crippen molar-refractivity contribution in [1.82, 2.24) is 10.3 Å². The molecular weight excluding hydrogens is 224 g/mol. The van der Waals surface area contributed by atoms with Crippen molar-refractivity contribution in [3.8, 4) is 0 Å². The van der Waals surface area contributed by atoms with Gasteiger partial charge >= 0.3 is 0 Å². The molecule has 1 N–H and O–H groups in total. The van der Waals surface area contributed by atoms with E-state index in [4.69, 9.17) is 0 Å². The highest BCUT2D eigenvalue weighted by Crippen LogP contribution is 2.25. The van der Waals surface area contributed by atoms with Gasteiger partial charge in [0.05, 0.1) is 5.69 Å². The molecule has 3 nitrogen and oxygen atoms in total. The van der Waals surface area contributed by atoms with Crippen LogP contribution in [0.5, 0.6) is 0 Å². The molecule has 0 aromatic carbocycles. The second kappa shape index (κ2) is 6.34. The molecule has 1 saturated carbocycles. The van der Waals surface area contributed by atoms with Gasteiger partial charge in [-0.15, -0.1) is 0 Å². The highest BCUT2D eigenvalue weighted by atomic mass is 16.1. The lowest BCUT2D eigenvalue weighted by Gasteiger charge is -2.17. The van der Waals surface area contributed by atoms with E-state index in [1.807, 2.05) is 18.2 Å². The van der Waals surface area contributed by atoms with Gasteiger partial charge in [-0.25, -0.2) is 4.98 Å². The summed E-state index contributed by atoms with van der Waals surface area (Å²) in [5.74, 6) is 0.548. The van der Waals surface area contributed by atoms with Crippen molar-refractivity contribution in [3.63, 3.8) is 0 Å². The van der Waals surface area contributed by atoms with E-state index in [0.717, 1.165) is 5.69 Å². The highest BCUT2D eigenvalue weighted by Gasteiger charge is 2.10. The minimum absolute atomic E-state index is 0.136. The monoisotopic (exact) mass is 244 g/mol. The normalized spacial score (nSPS) is 16.9. The zero-order valence-corrected chi connectivity index (χ0v) is 10.9. The summed E-state index contributed by atoms with van der Waals surface area (Å²) in [6.45, 7) is 0. The van der Waals surface area contributed by atoms with Gasteiger partial charge in [-0.2, -0.15) is 0 Å². The Balaban J connectivity index is 2.04. The first-order valence-electron chi connectivity index (χ1n) is 6.67. The number of hydrogen-bond donors (Lipinski definition) is 1. The molecule has 1 heterocycles. The number of carbonyl (C=O) groups is 1. The first-order valence-corrected chi connectivity index (χ1v) is 6.67. The van der Waals surface area contributed by atoms with Gasteiger partial charge in [-0.05, 0) is 37.0 Å². The van der Waals surface area contributed by atoms with Crippen LogP contribution in [0.15, 0.2) is 24.3 Å². The zero-order chi connectivity index (χ0) is 12.8. The van der Waals surface area contributed by atoms with Gasteiger partial charge in [0.25, 0.3) is 5.91 Å². The quantitative estimate of drug-likeness (QED) is 0.888. The highest BCUT2D eigenvalue weighted by molar-refractivity contribution is 5.92. The lowest BCUT2D eigenvalue weighted by Crippen LogP contribution is -2.19. The Morgan fingerprint density at radius 2 is 2.11 bits per heavy atom. The van der Waals surface area contributed by atoms with E-state index in [0.29, 0.717) is 11.6 Å². The van der Waals surface area contributed by atoms with Crippen LogP contribution in [0.2, 0.25) is 0 Å². The van der Waals surface area contributed by atoms with E-state index in [1.165, 1.54) is 32.1 Å². The summed E-state index contributed by atoms with van der Waals surface area (Å²) in [6.07, 6.45) is 10.9. The summed E-state index contributed by atoms with van der Waals surface area (Å²) < 4.78 is 0. The van der Waals surface area contributed by atoms with Gasteiger partial charge in [-0.3, -0.25) is 4.79 Å². The molecule has 0 radical (unpaired) electrons. The van der Waals surface area contributed by atoms with Crippen LogP contribution in [-0.2, 0) is 0 Å². The standard InChI is InChI=1S/C15H20N2O/c1-16-15(18)14-9-5-8-13(17-14)11-10-12-6-3-2-4-7-12/h5,8-12H,2-4,6-7H2,1H3,(H,16,18). The molecule has 3 heteroatoms. The van der Waals surface area contributed by atoms with Gasteiger partial charge in [0, 0.05) is 7.05 Å². The lowest BCUT2D eigenvalue weighted by atomic mass is 9.89. The van der Waals surface area contributed by atoms with Crippen molar-refractivity contribution in [2.45, 2.75) is 32.1 Å². The second-order valence-electron chi connectivity index (χ2n) is 4.78. The molecule has 1 aromatic heterocycles. The Morgan fingerprint density at radius 3 is 2.83 bits per heavy atom. The van der Waals surface area contributed by atoms with Crippen LogP contribution in [0, 0.1) is 5.92 Å². The molecule has 0 saturated heterocycles. The summed E-state index contributed by atoms with van der Waals surface area (Å²) in [5.41, 5.74) is 1.34. The first kappa shape index (κ1) is 12.8. The Labute approximate surface area is 108 Å². The number of aromatic nitrogens is 1. The summed E-state index contributed by atoms with van der Waals surface area (Å²) in [6, 6.07) is 5.54. The summed E-state index contributed by atoms with van der Waals surface area (Å²) in [5, 5.41) is 2.59. The number of hydrogen-bond acceptors (Lipinski definition) is 2. The average molecular weight is 244 g/mol. The number of carbonyl (C=O) groups excluding carboxylic acids is 1. The van der Waals surface area contributed by atoms with E-state index in [1.54, 1.807) is 13.1 Å². The summed E-state index contributed by atoms with van der Waals surface area (Å²) >= 11 is 0. The molecule has 96 valence electrons. The largest absolute Gasteiger partial charge is 0.354 e. The van der Waals surface area contributed by atoms with Gasteiger partial charge < -0.3 is 5.32 Å². The van der Waals surface area contributed by atoms with Gasteiger partial charge in [0.1, 0.15) is 5.69 Å². The van der Waals surface area contributed by atoms with E-state index in [2.05, 4.69) is 16.4 Å². The maximum absolute atomic E-state index is 11.5. The molecule has 0 atom stereocenters. The maximum Gasteiger partial charge on any atom is 0.269 e. The van der Waals surface area contributed by atoms with Crippen LogP contribution >= 0.6 is 0 Å². The zero-order valence-electron chi connectivity index (χ0n) is 10.9. The van der Waals surface area contributed by atoms with E-state index in [9.17, 15) is 4.79 Å². The molecule has 1 fully saturated rings. The SMILES string of the molecule is CNC(=O)c1cccc(C=CC2CCCCC2)n1. The predicted molar refractivity (Wildman–Crippen MR) is 73.2 cm³/mol. The molecule has 1 amide bonds. The fourth-order valence-electron chi connectivity index (χ4n) is 2.36. The third-order valence-corrected chi connectivity index (χ3v) is 3.42. The van der Waals surface area contributed by atoms with Crippen molar-refractivity contribution in [2.24, 2.45) is 5.92 Å². The summed E-state index contributed by atoms with van der Waals surface area (Å²) in [4.78, 5) is 15.8. The smallest absolute Gasteiger partial charge is 0.269 e. The van der Waals surface area contributed by atoms with Crippen LogP contribution in [0.3, 0.4) is 0 Å². The van der Waals surface area contributed by atoms with Crippen molar-refractivity contribution < 1.29 is 4.79 Å². The number of allylic oxidation sites excluding steroid dienone is 1. The van der Waals surface area contributed by atoms with Crippen LogP contribution in [0.25, 0.3) is 6.08 Å². The Bertz CT molecular complexity index is 434. The van der Waals surface area contributed by atoms with Gasteiger partial charge in [-0.1, -0.05) is 31.4 Å². The fourth-order valence-corrected chi connectivity index (χ4v) is 2.36. The van der Waals surface area contributed by atoms with E-state index >= 15 is 0 Å². The molecule has 2 rings (SSSR count). The van der Waals surface area contributed by atoms with Crippen LogP contribution in [-0.4, -0.2) is 17.9 Å². The Kier molecular flexibility index (Phi) is 4.51. The second-order valence-corrected chi connectivity index (χ2v) is 4.78. The average Bonchev–Trinajstić information content (AvgIpc) is 2.45. The maximum atomic E-state index is 11.5. The van der Waals surface area contributed by atoms with Crippen LogP contribution in [0.1, 0.15) is 48.3 Å². The lowest BCUT2D eigenvalue weighted by molar-refractivity contribution is 0.0958. The van der Waals surface area contributed by atoms with Crippen molar-refractivity contribution in [1.29, 1.82) is 0 Å². The first-order chi connectivity index (χ1) is 8.79. The van der Waals surface area contributed by atoms with Crippen LogP contribution in [0.4, 0.5) is 0 Å². The van der Waals surface area contributed by atoms with Crippen molar-refractivity contribution >= 4 is 12.0 Å². The van der Waals surface area contributed by atoms with Crippen molar-refractivity contribution in [2.75, 3.05) is 7.05 Å². The number of nitrogens with one attached hydrogen (secondary N) is 1. The molecular formula is C15H20N2O. The van der Waals surface area contributed by atoms with Gasteiger partial charge in [0.2, 0.25) is 0 Å². The Morgan fingerprint density at radius 1 is 1.33 bits per heavy atom. The van der Waals surface area contributed by atoms with Crippen LogP contribution < -0.4 is 5.32 Å². The third-order valence-electron chi connectivity index (χ3n) is 3.42. The van der Waals surface area contributed by atoms with Gasteiger partial charge in [0.15, 0.2) is 0 Å². The summed E-state index contributed by atoms with van der Waals surface area (Å²) in [7, 11) is 1.62. The van der Waals surface area contributed by atoms with E-state index in [-0.39, 0.29) is 5.91 Å². The molecule has 1 aromatic rings. The number of nitrogens with zero attached hydrogens (tertiary/aromatic N) is 1. The Hall–Kier alpha value is -1.64. The van der Waals surface area contributed by atoms with E-state index < -0.39 is 0 Å². The minimum Gasteiger partial charge on any atom is -0.354 e. The molecule has 0 bridgehead atoms.